The minimum absolute atomic E-state index is 0.648. The van der Waals surface area contributed by atoms with E-state index in [1.54, 1.807) is 0 Å². The summed E-state index contributed by atoms with van der Waals surface area (Å²) in [5.74, 6) is 0. The summed E-state index contributed by atoms with van der Waals surface area (Å²) < 4.78 is 6.28. The zero-order chi connectivity index (χ0) is 9.68. The quantitative estimate of drug-likeness (QED) is 0.770. The third kappa shape index (κ3) is 3.87. The number of halogens is 1. The Kier molecular flexibility index (Phi) is 4.39. The first-order valence-electron chi connectivity index (χ1n) is 4.12. The fourth-order valence-electron chi connectivity index (χ4n) is 0.981. The molecule has 1 aromatic rings. The topological polar surface area (TPSA) is 9.23 Å². The van der Waals surface area contributed by atoms with Crippen LogP contribution in [-0.4, -0.2) is 11.7 Å². The second-order valence-corrected chi connectivity index (χ2v) is 3.98. The molecule has 0 aromatic heterocycles. The van der Waals surface area contributed by atoms with Gasteiger partial charge >= 0.3 is 0 Å². The molecule has 70 valence electrons. The molecule has 0 amide bonds. The van der Waals surface area contributed by atoms with Gasteiger partial charge in [-0.15, -0.1) is 0 Å². The van der Waals surface area contributed by atoms with Gasteiger partial charge in [0.25, 0.3) is 0 Å². The van der Waals surface area contributed by atoms with Crippen molar-refractivity contribution in [1.29, 1.82) is 0 Å². The predicted octanol–water partition coefficient (Wildman–Crippen LogP) is 3.36. The van der Waals surface area contributed by atoms with Crippen molar-refractivity contribution in [2.75, 3.05) is 6.61 Å². The lowest BCUT2D eigenvalue weighted by molar-refractivity contribution is 0.330. The van der Waals surface area contributed by atoms with Crippen molar-refractivity contribution in [2.45, 2.75) is 13.3 Å². The molecule has 0 spiro atoms. The minimum Gasteiger partial charge on any atom is -0.487 e. The molecule has 1 rings (SSSR count). The average molecular weight is 259 g/mol. The lowest BCUT2D eigenvalue weighted by Gasteiger charge is -2.04. The summed E-state index contributed by atoms with van der Waals surface area (Å²) in [6, 6.07) is 8.08. The second kappa shape index (κ2) is 5.35. The van der Waals surface area contributed by atoms with E-state index < -0.39 is 0 Å². The van der Waals surface area contributed by atoms with Crippen LogP contribution >= 0.6 is 28.1 Å². The first-order chi connectivity index (χ1) is 6.22. The maximum absolute atomic E-state index is 5.20. The van der Waals surface area contributed by atoms with E-state index in [2.05, 4.69) is 15.9 Å². The summed E-state index contributed by atoms with van der Waals surface area (Å²) in [5, 5.41) is 0.657. The summed E-state index contributed by atoms with van der Waals surface area (Å²) in [6.45, 7) is 2.59. The summed E-state index contributed by atoms with van der Waals surface area (Å²) in [6.07, 6.45) is 0.719. The fraction of sp³-hybridized carbons (Fsp3) is 0.300. The van der Waals surface area contributed by atoms with Crippen LogP contribution in [0, 0.1) is 0 Å². The second-order valence-electron chi connectivity index (χ2n) is 2.61. The molecular weight excluding hydrogens is 248 g/mol. The predicted molar refractivity (Wildman–Crippen MR) is 62.1 cm³/mol. The fourth-order valence-corrected chi connectivity index (χ4v) is 1.53. The Hall–Kier alpha value is -0.410. The molecule has 0 aliphatic rings. The van der Waals surface area contributed by atoms with Crippen molar-refractivity contribution >= 4 is 33.2 Å². The molecule has 0 radical (unpaired) electrons. The minimum atomic E-state index is 0.648. The first-order valence-corrected chi connectivity index (χ1v) is 5.32. The Balaban J connectivity index is 2.54. The SMILES string of the molecule is CCOC(=S)Cc1ccc(Br)cc1. The van der Waals surface area contributed by atoms with Gasteiger partial charge < -0.3 is 4.74 Å². The van der Waals surface area contributed by atoms with Crippen LogP contribution in [0.3, 0.4) is 0 Å². The van der Waals surface area contributed by atoms with Gasteiger partial charge in [-0.3, -0.25) is 0 Å². The number of thiocarbonyl (C=S) groups is 1. The summed E-state index contributed by atoms with van der Waals surface area (Å²) in [7, 11) is 0. The van der Waals surface area contributed by atoms with E-state index in [9.17, 15) is 0 Å². The molecule has 3 heteroatoms. The first kappa shape index (κ1) is 10.7. The van der Waals surface area contributed by atoms with Crippen molar-refractivity contribution in [2.24, 2.45) is 0 Å². The van der Waals surface area contributed by atoms with Gasteiger partial charge in [-0.2, -0.15) is 0 Å². The van der Waals surface area contributed by atoms with Crippen molar-refractivity contribution in [3.8, 4) is 0 Å². The molecule has 13 heavy (non-hydrogen) atoms. The zero-order valence-electron chi connectivity index (χ0n) is 7.42. The zero-order valence-corrected chi connectivity index (χ0v) is 9.82. The molecule has 0 aliphatic carbocycles. The Bertz CT molecular complexity index is 281. The number of hydrogen-bond donors (Lipinski definition) is 0. The van der Waals surface area contributed by atoms with Crippen molar-refractivity contribution in [3.05, 3.63) is 34.3 Å². The van der Waals surface area contributed by atoms with Crippen LogP contribution in [-0.2, 0) is 11.2 Å². The van der Waals surface area contributed by atoms with Crippen LogP contribution in [0.15, 0.2) is 28.7 Å². The lowest BCUT2D eigenvalue weighted by Crippen LogP contribution is -2.04. The molecule has 0 heterocycles. The van der Waals surface area contributed by atoms with Gasteiger partial charge in [0, 0.05) is 10.9 Å². The molecule has 0 saturated carbocycles. The third-order valence-corrected chi connectivity index (χ3v) is 2.36. The van der Waals surface area contributed by atoms with Crippen LogP contribution in [0.25, 0.3) is 0 Å². The Morgan fingerprint density at radius 2 is 2.00 bits per heavy atom. The molecule has 1 nitrogen and oxygen atoms in total. The van der Waals surface area contributed by atoms with Crippen molar-refractivity contribution in [3.63, 3.8) is 0 Å². The number of ether oxygens (including phenoxy) is 1. The maximum atomic E-state index is 5.20. The van der Waals surface area contributed by atoms with Crippen LogP contribution in [0.1, 0.15) is 12.5 Å². The van der Waals surface area contributed by atoms with Gasteiger partial charge in [0.15, 0.2) is 5.05 Å². The average Bonchev–Trinajstić information content (AvgIpc) is 2.09. The van der Waals surface area contributed by atoms with Crippen molar-refractivity contribution in [1.82, 2.24) is 0 Å². The summed E-state index contributed by atoms with van der Waals surface area (Å²) in [4.78, 5) is 0. The number of benzene rings is 1. The third-order valence-electron chi connectivity index (χ3n) is 1.57. The molecule has 0 saturated heterocycles. The number of rotatable bonds is 3. The highest BCUT2D eigenvalue weighted by Gasteiger charge is 1.98. The molecule has 0 N–H and O–H groups in total. The normalized spacial score (nSPS) is 9.69. The van der Waals surface area contributed by atoms with Gasteiger partial charge in [-0.05, 0) is 36.8 Å². The Labute approximate surface area is 92.2 Å². The van der Waals surface area contributed by atoms with E-state index in [0.29, 0.717) is 11.7 Å². The van der Waals surface area contributed by atoms with Crippen LogP contribution < -0.4 is 0 Å². The van der Waals surface area contributed by atoms with Crippen LogP contribution in [0.4, 0.5) is 0 Å². The molecular formula is C10H11BrOS. The van der Waals surface area contributed by atoms with Crippen LogP contribution in [0.5, 0.6) is 0 Å². The molecule has 0 fully saturated rings. The molecule has 0 aliphatic heterocycles. The molecule has 0 atom stereocenters. The maximum Gasteiger partial charge on any atom is 0.164 e. The smallest absolute Gasteiger partial charge is 0.164 e. The summed E-state index contributed by atoms with van der Waals surface area (Å²) >= 11 is 8.41. The largest absolute Gasteiger partial charge is 0.487 e. The summed E-state index contributed by atoms with van der Waals surface area (Å²) in [5.41, 5.74) is 1.18. The van der Waals surface area contributed by atoms with Crippen molar-refractivity contribution < 1.29 is 4.74 Å². The standard InChI is InChI=1S/C10H11BrOS/c1-2-12-10(13)7-8-3-5-9(11)6-4-8/h3-6H,2,7H2,1H3. The van der Waals surface area contributed by atoms with E-state index in [1.165, 1.54) is 5.56 Å². The highest BCUT2D eigenvalue weighted by atomic mass is 79.9. The molecule has 0 unspecified atom stereocenters. The number of hydrogen-bond acceptors (Lipinski definition) is 2. The van der Waals surface area contributed by atoms with Gasteiger partial charge in [-0.25, -0.2) is 0 Å². The van der Waals surface area contributed by atoms with Crippen LogP contribution in [0.2, 0.25) is 0 Å². The molecule has 1 aromatic carbocycles. The highest BCUT2D eigenvalue weighted by molar-refractivity contribution is 9.10. The Morgan fingerprint density at radius 1 is 1.38 bits per heavy atom. The molecule has 0 bridgehead atoms. The van der Waals surface area contributed by atoms with Gasteiger partial charge in [0.05, 0.1) is 6.61 Å². The van der Waals surface area contributed by atoms with E-state index in [-0.39, 0.29) is 0 Å². The van der Waals surface area contributed by atoms with Gasteiger partial charge in [0.1, 0.15) is 0 Å². The van der Waals surface area contributed by atoms with E-state index in [1.807, 2.05) is 31.2 Å². The monoisotopic (exact) mass is 258 g/mol. The van der Waals surface area contributed by atoms with E-state index in [4.69, 9.17) is 17.0 Å². The van der Waals surface area contributed by atoms with Gasteiger partial charge in [-0.1, -0.05) is 28.1 Å². The lowest BCUT2D eigenvalue weighted by atomic mass is 10.2. The van der Waals surface area contributed by atoms with Gasteiger partial charge in [0.2, 0.25) is 0 Å². The Morgan fingerprint density at radius 3 is 2.54 bits per heavy atom. The van der Waals surface area contributed by atoms with E-state index >= 15 is 0 Å². The highest BCUT2D eigenvalue weighted by Crippen LogP contribution is 2.11. The van der Waals surface area contributed by atoms with E-state index in [0.717, 1.165) is 10.9 Å².